The second-order valence-electron chi connectivity index (χ2n) is 6.60. The maximum Gasteiger partial charge on any atom is 0.338 e. The van der Waals surface area contributed by atoms with E-state index in [9.17, 15) is 9.59 Å². The van der Waals surface area contributed by atoms with Crippen molar-refractivity contribution in [2.45, 2.75) is 6.92 Å². The number of methoxy groups -OCH3 is 2. The molecule has 3 N–H and O–H groups in total. The Morgan fingerprint density at radius 1 is 1.03 bits per heavy atom. The Hall–Kier alpha value is -3.27. The van der Waals surface area contributed by atoms with Crippen molar-refractivity contribution in [2.75, 3.05) is 40.1 Å². The van der Waals surface area contributed by atoms with Gasteiger partial charge >= 0.3 is 5.97 Å². The number of esters is 1. The Balaban J connectivity index is 2.05. The van der Waals surface area contributed by atoms with E-state index in [-0.39, 0.29) is 42.7 Å². The molecule has 0 unspecified atom stereocenters. The van der Waals surface area contributed by atoms with E-state index in [0.717, 1.165) is 0 Å². The molecule has 3 aromatic rings. The fourth-order valence-electron chi connectivity index (χ4n) is 3.14. The molecule has 10 heteroatoms. The zero-order valence-corrected chi connectivity index (χ0v) is 18.6. The first-order valence-electron chi connectivity index (χ1n) is 9.61. The van der Waals surface area contributed by atoms with Crippen LogP contribution in [0, 0.1) is 0 Å². The summed E-state index contributed by atoms with van der Waals surface area (Å²) in [5.41, 5.74) is 7.40. The summed E-state index contributed by atoms with van der Waals surface area (Å²) in [6.45, 7) is 1.84. The van der Waals surface area contributed by atoms with Gasteiger partial charge in [0, 0.05) is 30.2 Å². The SMILES string of the molecule is CCOC(=O)c1cc(Cl)cc2[nH]c(C(=O)c3ccc(OCOC)c(OCOC)c3)c(N)c12. The van der Waals surface area contributed by atoms with Crippen LogP contribution in [0.3, 0.4) is 0 Å². The quantitative estimate of drug-likeness (QED) is 0.265. The number of hydrogen-bond acceptors (Lipinski definition) is 8. The molecular weight excluding hydrogens is 440 g/mol. The Labute approximate surface area is 189 Å². The van der Waals surface area contributed by atoms with E-state index in [2.05, 4.69) is 4.98 Å². The second-order valence-corrected chi connectivity index (χ2v) is 7.04. The summed E-state index contributed by atoms with van der Waals surface area (Å²) in [5.74, 6) is -0.328. The highest BCUT2D eigenvalue weighted by Crippen LogP contribution is 2.34. The second kappa shape index (κ2) is 10.4. The molecule has 0 aliphatic rings. The van der Waals surface area contributed by atoms with Gasteiger partial charge in [0.1, 0.15) is 5.69 Å². The number of halogens is 1. The average molecular weight is 463 g/mol. The van der Waals surface area contributed by atoms with E-state index in [1.54, 1.807) is 25.1 Å². The van der Waals surface area contributed by atoms with E-state index in [4.69, 9.17) is 41.0 Å². The van der Waals surface area contributed by atoms with Gasteiger partial charge in [-0.15, -0.1) is 0 Å². The number of aromatic amines is 1. The van der Waals surface area contributed by atoms with Gasteiger partial charge in [-0.3, -0.25) is 4.79 Å². The highest BCUT2D eigenvalue weighted by Gasteiger charge is 2.24. The molecule has 0 fully saturated rings. The van der Waals surface area contributed by atoms with Gasteiger partial charge in [0.15, 0.2) is 25.1 Å². The lowest BCUT2D eigenvalue weighted by Gasteiger charge is -2.13. The van der Waals surface area contributed by atoms with Crippen LogP contribution in [0.2, 0.25) is 5.02 Å². The number of anilines is 1. The molecule has 1 aromatic heterocycles. The van der Waals surface area contributed by atoms with Crippen molar-refractivity contribution in [3.05, 3.63) is 52.2 Å². The lowest BCUT2D eigenvalue weighted by atomic mass is 10.0. The number of H-pyrrole nitrogens is 1. The van der Waals surface area contributed by atoms with Crippen LogP contribution in [0.5, 0.6) is 11.5 Å². The van der Waals surface area contributed by atoms with E-state index in [1.807, 2.05) is 0 Å². The topological polar surface area (TPSA) is 122 Å². The summed E-state index contributed by atoms with van der Waals surface area (Å²) in [5, 5.41) is 0.669. The number of carbonyl (C=O) groups is 2. The molecule has 9 nitrogen and oxygen atoms in total. The smallest absolute Gasteiger partial charge is 0.338 e. The van der Waals surface area contributed by atoms with E-state index < -0.39 is 11.8 Å². The first-order valence-corrected chi connectivity index (χ1v) is 9.99. The summed E-state index contributed by atoms with van der Waals surface area (Å²) >= 11 is 6.15. The van der Waals surface area contributed by atoms with Crippen LogP contribution in [0.25, 0.3) is 10.9 Å². The van der Waals surface area contributed by atoms with Gasteiger partial charge in [0.05, 0.1) is 23.4 Å². The largest absolute Gasteiger partial charge is 0.464 e. The number of aromatic nitrogens is 1. The van der Waals surface area contributed by atoms with Crippen molar-refractivity contribution in [3.8, 4) is 11.5 Å². The van der Waals surface area contributed by atoms with Crippen molar-refractivity contribution < 1.29 is 33.3 Å². The third kappa shape index (κ3) is 4.80. The maximum absolute atomic E-state index is 13.3. The highest BCUT2D eigenvalue weighted by atomic mass is 35.5. The molecule has 0 aliphatic carbocycles. The molecule has 0 radical (unpaired) electrons. The van der Waals surface area contributed by atoms with Gasteiger partial charge in [-0.25, -0.2) is 4.79 Å². The standard InChI is InChI=1S/C22H23ClN2O7/c1-4-30-22(27)14-8-13(23)9-15-18(14)19(24)20(25-15)21(26)12-5-6-16(31-10-28-2)17(7-12)32-11-29-3/h5-9,25H,4,10-11,24H2,1-3H3. The maximum atomic E-state index is 13.3. The number of fused-ring (bicyclic) bond motifs is 1. The molecule has 0 saturated carbocycles. The van der Waals surface area contributed by atoms with Crippen molar-refractivity contribution >= 4 is 39.9 Å². The van der Waals surface area contributed by atoms with Crippen molar-refractivity contribution in [3.63, 3.8) is 0 Å². The zero-order chi connectivity index (χ0) is 23.3. The summed E-state index contributed by atoms with van der Waals surface area (Å²) in [4.78, 5) is 28.6. The number of ketones is 1. The molecule has 170 valence electrons. The predicted octanol–water partition coefficient (Wildman–Crippen LogP) is 3.78. The van der Waals surface area contributed by atoms with Crippen LogP contribution in [-0.2, 0) is 14.2 Å². The Morgan fingerprint density at radius 2 is 1.72 bits per heavy atom. The summed E-state index contributed by atoms with van der Waals surface area (Å²) in [6, 6.07) is 7.70. The fourth-order valence-corrected chi connectivity index (χ4v) is 3.36. The number of benzene rings is 2. The minimum Gasteiger partial charge on any atom is -0.464 e. The number of nitrogen functional groups attached to an aromatic ring is 1. The molecule has 0 saturated heterocycles. The van der Waals surface area contributed by atoms with Gasteiger partial charge < -0.3 is 34.4 Å². The minimum absolute atomic E-state index is 0.00297. The lowest BCUT2D eigenvalue weighted by Crippen LogP contribution is -2.09. The van der Waals surface area contributed by atoms with Crippen molar-refractivity contribution in [2.24, 2.45) is 0 Å². The normalized spacial score (nSPS) is 10.9. The first kappa shape index (κ1) is 23.4. The van der Waals surface area contributed by atoms with Crippen LogP contribution in [0.1, 0.15) is 33.3 Å². The van der Waals surface area contributed by atoms with E-state index in [1.165, 1.54) is 26.4 Å². The molecule has 1 heterocycles. The van der Waals surface area contributed by atoms with Crippen molar-refractivity contribution in [1.29, 1.82) is 0 Å². The van der Waals surface area contributed by atoms with Gasteiger partial charge in [0.25, 0.3) is 0 Å². The van der Waals surface area contributed by atoms with Crippen LogP contribution in [0.4, 0.5) is 5.69 Å². The van der Waals surface area contributed by atoms with Crippen LogP contribution >= 0.6 is 11.6 Å². The first-order chi connectivity index (χ1) is 15.4. The lowest BCUT2D eigenvalue weighted by molar-refractivity contribution is 0.0322. The summed E-state index contributed by atoms with van der Waals surface area (Å²) in [6.07, 6.45) is 0. The molecule has 3 rings (SSSR count). The predicted molar refractivity (Wildman–Crippen MR) is 119 cm³/mol. The van der Waals surface area contributed by atoms with E-state index >= 15 is 0 Å². The molecular formula is C22H23ClN2O7. The average Bonchev–Trinajstić information content (AvgIpc) is 3.11. The Morgan fingerprint density at radius 3 is 2.38 bits per heavy atom. The fraction of sp³-hybridized carbons (Fsp3) is 0.273. The molecule has 0 spiro atoms. The molecule has 0 amide bonds. The number of carbonyl (C=O) groups excluding carboxylic acids is 2. The number of hydrogen-bond donors (Lipinski definition) is 2. The Bertz CT molecular complexity index is 1140. The van der Waals surface area contributed by atoms with Crippen LogP contribution in [0.15, 0.2) is 30.3 Å². The molecule has 0 bridgehead atoms. The van der Waals surface area contributed by atoms with Crippen molar-refractivity contribution in [1.82, 2.24) is 4.98 Å². The van der Waals surface area contributed by atoms with Crippen LogP contribution < -0.4 is 15.2 Å². The van der Waals surface area contributed by atoms with Gasteiger partial charge in [0.2, 0.25) is 5.78 Å². The highest BCUT2D eigenvalue weighted by molar-refractivity contribution is 6.32. The molecule has 0 atom stereocenters. The number of ether oxygens (including phenoxy) is 5. The zero-order valence-electron chi connectivity index (χ0n) is 17.8. The molecule has 32 heavy (non-hydrogen) atoms. The summed E-state index contributed by atoms with van der Waals surface area (Å²) < 4.78 is 25.9. The monoisotopic (exact) mass is 462 g/mol. The van der Waals surface area contributed by atoms with Gasteiger partial charge in [-0.2, -0.15) is 0 Å². The molecule has 0 aliphatic heterocycles. The molecule has 2 aromatic carbocycles. The van der Waals surface area contributed by atoms with Crippen LogP contribution in [-0.4, -0.2) is 51.1 Å². The van der Waals surface area contributed by atoms with E-state index in [0.29, 0.717) is 27.4 Å². The number of nitrogens with one attached hydrogen (secondary N) is 1. The van der Waals surface area contributed by atoms with Gasteiger partial charge in [-0.1, -0.05) is 11.6 Å². The third-order valence-electron chi connectivity index (χ3n) is 4.49. The minimum atomic E-state index is -0.584. The Kier molecular flexibility index (Phi) is 7.57. The third-order valence-corrected chi connectivity index (χ3v) is 4.71. The van der Waals surface area contributed by atoms with Gasteiger partial charge in [-0.05, 0) is 37.3 Å². The number of nitrogens with two attached hydrogens (primary N) is 1. The summed E-state index contributed by atoms with van der Waals surface area (Å²) in [7, 11) is 2.96. The number of rotatable bonds is 10.